The maximum Gasteiger partial charge on any atom is 0.236 e. The van der Waals surface area contributed by atoms with Crippen molar-refractivity contribution in [3.05, 3.63) is 30.1 Å². The summed E-state index contributed by atoms with van der Waals surface area (Å²) in [6.07, 6.45) is 7.89. The van der Waals surface area contributed by atoms with Crippen LogP contribution in [0.2, 0.25) is 0 Å². The number of hydrogen-bond donors (Lipinski definition) is 1. The number of nitrogens with one attached hydrogen (secondary N) is 1. The quantitative estimate of drug-likeness (QED) is 0.809. The van der Waals surface area contributed by atoms with Crippen molar-refractivity contribution in [2.45, 2.75) is 32.1 Å². The fourth-order valence-electron chi connectivity index (χ4n) is 3.67. The van der Waals surface area contributed by atoms with Crippen molar-refractivity contribution in [2.75, 3.05) is 40.8 Å². The van der Waals surface area contributed by atoms with Crippen LogP contribution in [0.1, 0.15) is 31.2 Å². The van der Waals surface area contributed by atoms with Crippen LogP contribution < -0.4 is 5.32 Å². The molecule has 0 spiro atoms. The van der Waals surface area contributed by atoms with Crippen LogP contribution in [0.15, 0.2) is 24.5 Å². The SMILES string of the molecule is CNCC(=O)N1CCC(CCCc2ccncc2)(C(=O)N(C)C)CC1. The average molecular weight is 346 g/mol. The molecule has 25 heavy (non-hydrogen) atoms. The van der Waals surface area contributed by atoms with Gasteiger partial charge in [0.15, 0.2) is 0 Å². The lowest BCUT2D eigenvalue weighted by molar-refractivity contribution is -0.146. The summed E-state index contributed by atoms with van der Waals surface area (Å²) in [7, 11) is 5.43. The Morgan fingerprint density at radius 1 is 1.24 bits per heavy atom. The molecular formula is C19H30N4O2. The van der Waals surface area contributed by atoms with Gasteiger partial charge in [-0.3, -0.25) is 14.6 Å². The highest BCUT2D eigenvalue weighted by atomic mass is 16.2. The van der Waals surface area contributed by atoms with Gasteiger partial charge in [-0.2, -0.15) is 0 Å². The molecule has 1 saturated heterocycles. The van der Waals surface area contributed by atoms with E-state index in [9.17, 15) is 9.59 Å². The molecule has 1 N–H and O–H groups in total. The number of pyridine rings is 1. The van der Waals surface area contributed by atoms with Crippen LogP contribution >= 0.6 is 0 Å². The summed E-state index contributed by atoms with van der Waals surface area (Å²) in [6.45, 7) is 1.68. The molecule has 0 aromatic carbocycles. The molecule has 1 aromatic rings. The van der Waals surface area contributed by atoms with E-state index in [1.807, 2.05) is 43.5 Å². The lowest BCUT2D eigenvalue weighted by atomic mass is 9.73. The van der Waals surface area contributed by atoms with Gasteiger partial charge in [-0.1, -0.05) is 0 Å². The zero-order chi connectivity index (χ0) is 18.3. The number of likely N-dealkylation sites (tertiary alicyclic amines) is 1. The monoisotopic (exact) mass is 346 g/mol. The summed E-state index contributed by atoms with van der Waals surface area (Å²) in [4.78, 5) is 32.6. The van der Waals surface area contributed by atoms with Crippen LogP contribution in [-0.2, 0) is 16.0 Å². The second-order valence-corrected chi connectivity index (χ2v) is 7.10. The summed E-state index contributed by atoms with van der Waals surface area (Å²) in [5.41, 5.74) is 0.913. The Hall–Kier alpha value is -1.95. The number of piperidine rings is 1. The number of amides is 2. The third-order valence-electron chi connectivity index (χ3n) is 5.13. The van der Waals surface area contributed by atoms with Crippen molar-refractivity contribution in [3.63, 3.8) is 0 Å². The van der Waals surface area contributed by atoms with Crippen molar-refractivity contribution in [2.24, 2.45) is 5.41 Å². The second-order valence-electron chi connectivity index (χ2n) is 7.10. The smallest absolute Gasteiger partial charge is 0.236 e. The third kappa shape index (κ3) is 5.01. The summed E-state index contributed by atoms with van der Waals surface area (Å²) in [5.74, 6) is 0.313. The molecule has 1 aliphatic rings. The molecule has 1 aromatic heterocycles. The van der Waals surface area contributed by atoms with Crippen LogP contribution in [0.25, 0.3) is 0 Å². The Labute approximate surface area is 150 Å². The predicted molar refractivity (Wildman–Crippen MR) is 98.0 cm³/mol. The average Bonchev–Trinajstić information content (AvgIpc) is 2.62. The van der Waals surface area contributed by atoms with Gasteiger partial charge in [-0.05, 0) is 56.8 Å². The Bertz CT molecular complexity index is 566. The summed E-state index contributed by atoms with van der Waals surface area (Å²) >= 11 is 0. The van der Waals surface area contributed by atoms with E-state index in [0.717, 1.165) is 32.1 Å². The standard InChI is InChI=1S/C19H30N4O2/c1-20-15-17(24)23-13-9-19(10-14-23,18(25)22(2)3)8-4-5-16-6-11-21-12-7-16/h6-7,11-12,20H,4-5,8-10,13-15H2,1-3H3. The molecule has 0 unspecified atom stereocenters. The molecule has 2 heterocycles. The Morgan fingerprint density at radius 3 is 2.44 bits per heavy atom. The molecule has 138 valence electrons. The molecular weight excluding hydrogens is 316 g/mol. The lowest BCUT2D eigenvalue weighted by Gasteiger charge is -2.42. The minimum Gasteiger partial charge on any atom is -0.348 e. The van der Waals surface area contributed by atoms with E-state index in [2.05, 4.69) is 10.3 Å². The maximum absolute atomic E-state index is 12.9. The first kappa shape index (κ1) is 19.4. The summed E-state index contributed by atoms with van der Waals surface area (Å²) in [6, 6.07) is 4.05. The highest BCUT2D eigenvalue weighted by molar-refractivity contribution is 5.83. The largest absolute Gasteiger partial charge is 0.348 e. The number of likely N-dealkylation sites (N-methyl/N-ethyl adjacent to an activating group) is 1. The Morgan fingerprint density at radius 2 is 1.88 bits per heavy atom. The minimum atomic E-state index is -0.340. The van der Waals surface area contributed by atoms with Gasteiger partial charge in [0.2, 0.25) is 11.8 Å². The van der Waals surface area contributed by atoms with E-state index in [4.69, 9.17) is 0 Å². The fraction of sp³-hybridized carbons (Fsp3) is 0.632. The first-order chi connectivity index (χ1) is 12.0. The minimum absolute atomic E-state index is 0.116. The zero-order valence-corrected chi connectivity index (χ0v) is 15.6. The number of aryl methyl sites for hydroxylation is 1. The van der Waals surface area contributed by atoms with Crippen molar-refractivity contribution >= 4 is 11.8 Å². The number of rotatable bonds is 7. The molecule has 2 rings (SSSR count). The van der Waals surface area contributed by atoms with Crippen LogP contribution in [0.5, 0.6) is 0 Å². The molecule has 2 amide bonds. The van der Waals surface area contributed by atoms with E-state index in [-0.39, 0.29) is 17.2 Å². The van der Waals surface area contributed by atoms with Gasteiger partial charge >= 0.3 is 0 Å². The maximum atomic E-state index is 12.9. The van der Waals surface area contributed by atoms with Gasteiger partial charge in [0.1, 0.15) is 0 Å². The normalized spacial score (nSPS) is 16.5. The Kier molecular flexibility index (Phi) is 6.93. The first-order valence-corrected chi connectivity index (χ1v) is 9.01. The molecule has 6 heteroatoms. The molecule has 6 nitrogen and oxygen atoms in total. The highest BCUT2D eigenvalue weighted by Crippen LogP contribution is 2.38. The molecule has 0 atom stereocenters. The number of nitrogens with zero attached hydrogens (tertiary/aromatic N) is 3. The van der Waals surface area contributed by atoms with E-state index >= 15 is 0 Å². The van der Waals surface area contributed by atoms with Gasteiger partial charge in [0.05, 0.1) is 12.0 Å². The van der Waals surface area contributed by atoms with Crippen LogP contribution in [0.3, 0.4) is 0 Å². The fourth-order valence-corrected chi connectivity index (χ4v) is 3.67. The number of hydrogen-bond acceptors (Lipinski definition) is 4. The number of aromatic nitrogens is 1. The van der Waals surface area contributed by atoms with Crippen LogP contribution in [-0.4, -0.2) is 67.4 Å². The van der Waals surface area contributed by atoms with Gasteiger partial charge in [-0.25, -0.2) is 0 Å². The lowest BCUT2D eigenvalue weighted by Crippen LogP contribution is -2.51. The van der Waals surface area contributed by atoms with Crippen LogP contribution in [0.4, 0.5) is 0 Å². The Balaban J connectivity index is 1.99. The van der Waals surface area contributed by atoms with E-state index in [1.165, 1.54) is 5.56 Å². The number of carbonyl (C=O) groups is 2. The molecule has 1 fully saturated rings. The van der Waals surface area contributed by atoms with Crippen molar-refractivity contribution in [3.8, 4) is 0 Å². The van der Waals surface area contributed by atoms with Crippen LogP contribution in [0, 0.1) is 5.41 Å². The highest BCUT2D eigenvalue weighted by Gasteiger charge is 2.42. The van der Waals surface area contributed by atoms with Gasteiger partial charge in [0, 0.05) is 39.6 Å². The second kappa shape index (κ2) is 8.94. The van der Waals surface area contributed by atoms with Crippen molar-refractivity contribution in [1.29, 1.82) is 0 Å². The molecule has 0 bridgehead atoms. The zero-order valence-electron chi connectivity index (χ0n) is 15.6. The predicted octanol–water partition coefficient (Wildman–Crippen LogP) is 1.32. The summed E-state index contributed by atoms with van der Waals surface area (Å²) in [5, 5.41) is 2.91. The first-order valence-electron chi connectivity index (χ1n) is 9.01. The van der Waals surface area contributed by atoms with E-state index in [1.54, 1.807) is 11.9 Å². The molecule has 1 aliphatic heterocycles. The molecule has 0 aliphatic carbocycles. The topological polar surface area (TPSA) is 65.5 Å². The van der Waals surface area contributed by atoms with Crippen molar-refractivity contribution in [1.82, 2.24) is 20.1 Å². The number of carbonyl (C=O) groups excluding carboxylic acids is 2. The van der Waals surface area contributed by atoms with Gasteiger partial charge in [-0.15, -0.1) is 0 Å². The molecule has 0 saturated carbocycles. The van der Waals surface area contributed by atoms with E-state index < -0.39 is 0 Å². The van der Waals surface area contributed by atoms with Gasteiger partial charge in [0.25, 0.3) is 0 Å². The van der Waals surface area contributed by atoms with E-state index in [0.29, 0.717) is 19.6 Å². The molecule has 0 radical (unpaired) electrons. The van der Waals surface area contributed by atoms with Crippen molar-refractivity contribution < 1.29 is 9.59 Å². The third-order valence-corrected chi connectivity index (χ3v) is 5.13. The summed E-state index contributed by atoms with van der Waals surface area (Å²) < 4.78 is 0. The van der Waals surface area contributed by atoms with Gasteiger partial charge < -0.3 is 15.1 Å².